The van der Waals surface area contributed by atoms with Crippen LogP contribution in [0, 0.1) is 6.92 Å². The van der Waals surface area contributed by atoms with E-state index < -0.39 is 0 Å². The molecule has 1 atom stereocenters. The number of aryl methyl sites for hydroxylation is 1. The van der Waals surface area contributed by atoms with Gasteiger partial charge in [0.25, 0.3) is 0 Å². The summed E-state index contributed by atoms with van der Waals surface area (Å²) in [5.74, 6) is -0.241. The molecule has 0 aliphatic heterocycles. The number of methoxy groups -OCH3 is 1. The van der Waals surface area contributed by atoms with Crippen LogP contribution in [0.25, 0.3) is 10.9 Å². The van der Waals surface area contributed by atoms with Gasteiger partial charge in [0.15, 0.2) is 0 Å². The number of fused-ring (bicyclic) bond motifs is 1. The molecule has 19 heavy (non-hydrogen) atoms. The minimum Gasteiger partial charge on any atom is -0.462 e. The van der Waals surface area contributed by atoms with Crippen molar-refractivity contribution in [3.05, 3.63) is 36.0 Å². The molecule has 0 N–H and O–H groups in total. The van der Waals surface area contributed by atoms with Gasteiger partial charge in [-0.25, -0.2) is 4.79 Å². The van der Waals surface area contributed by atoms with Crippen LogP contribution >= 0.6 is 0 Å². The standard InChI is InChI=1S/C15H19NO3/c1-11-4-5-14-13(10-11)6-7-16(14)12(2)15(17)19-9-8-18-3/h4-7,10,12H,8-9H2,1-3H3. The van der Waals surface area contributed by atoms with Crippen LogP contribution in [0.1, 0.15) is 18.5 Å². The summed E-state index contributed by atoms with van der Waals surface area (Å²) in [6.45, 7) is 4.61. The molecule has 4 nitrogen and oxygen atoms in total. The van der Waals surface area contributed by atoms with E-state index in [4.69, 9.17) is 9.47 Å². The number of hydrogen-bond donors (Lipinski definition) is 0. The smallest absolute Gasteiger partial charge is 0.328 e. The fraction of sp³-hybridized carbons (Fsp3) is 0.400. The molecule has 0 saturated heterocycles. The number of rotatable bonds is 5. The molecule has 1 aromatic heterocycles. The van der Waals surface area contributed by atoms with Crippen molar-refractivity contribution in [3.8, 4) is 0 Å². The minimum absolute atomic E-state index is 0.241. The fourth-order valence-electron chi connectivity index (χ4n) is 2.08. The molecular weight excluding hydrogens is 242 g/mol. The highest BCUT2D eigenvalue weighted by molar-refractivity contribution is 5.84. The number of aromatic nitrogens is 1. The second-order valence-corrected chi connectivity index (χ2v) is 4.62. The first-order valence-electron chi connectivity index (χ1n) is 6.36. The van der Waals surface area contributed by atoms with Gasteiger partial charge >= 0.3 is 5.97 Å². The maximum absolute atomic E-state index is 11.9. The van der Waals surface area contributed by atoms with Crippen molar-refractivity contribution in [3.63, 3.8) is 0 Å². The average Bonchev–Trinajstić information content (AvgIpc) is 2.80. The van der Waals surface area contributed by atoms with E-state index in [9.17, 15) is 4.79 Å². The second-order valence-electron chi connectivity index (χ2n) is 4.62. The summed E-state index contributed by atoms with van der Waals surface area (Å²) in [7, 11) is 1.58. The Balaban J connectivity index is 2.17. The molecule has 0 amide bonds. The van der Waals surface area contributed by atoms with Crippen molar-refractivity contribution in [2.24, 2.45) is 0 Å². The van der Waals surface area contributed by atoms with Crippen molar-refractivity contribution in [1.29, 1.82) is 0 Å². The van der Waals surface area contributed by atoms with Crippen molar-refractivity contribution in [2.75, 3.05) is 20.3 Å². The Bertz CT molecular complexity index is 574. The molecule has 102 valence electrons. The normalized spacial score (nSPS) is 12.6. The summed E-state index contributed by atoms with van der Waals surface area (Å²) in [4.78, 5) is 11.9. The predicted molar refractivity (Wildman–Crippen MR) is 74.2 cm³/mol. The molecule has 0 spiro atoms. The first kappa shape index (κ1) is 13.6. The Morgan fingerprint density at radius 1 is 1.32 bits per heavy atom. The summed E-state index contributed by atoms with van der Waals surface area (Å²) in [6, 6.07) is 7.86. The van der Waals surface area contributed by atoms with Crippen molar-refractivity contribution >= 4 is 16.9 Å². The summed E-state index contributed by atoms with van der Waals surface area (Å²) >= 11 is 0. The highest BCUT2D eigenvalue weighted by Crippen LogP contribution is 2.21. The largest absolute Gasteiger partial charge is 0.462 e. The van der Waals surface area contributed by atoms with E-state index in [1.54, 1.807) is 7.11 Å². The van der Waals surface area contributed by atoms with Gasteiger partial charge in [0, 0.05) is 18.8 Å². The van der Waals surface area contributed by atoms with Crippen LogP contribution in [-0.2, 0) is 14.3 Å². The van der Waals surface area contributed by atoms with Gasteiger partial charge in [0.1, 0.15) is 12.6 Å². The maximum atomic E-state index is 11.9. The number of carbonyl (C=O) groups excluding carboxylic acids is 1. The number of carbonyl (C=O) groups is 1. The molecule has 1 unspecified atom stereocenters. The lowest BCUT2D eigenvalue weighted by molar-refractivity contribution is -0.148. The van der Waals surface area contributed by atoms with Gasteiger partial charge in [0.2, 0.25) is 0 Å². The highest BCUT2D eigenvalue weighted by Gasteiger charge is 2.17. The lowest BCUT2D eigenvalue weighted by Crippen LogP contribution is -2.20. The van der Waals surface area contributed by atoms with Crippen molar-refractivity contribution in [1.82, 2.24) is 4.57 Å². The Labute approximate surface area is 112 Å². The average molecular weight is 261 g/mol. The molecule has 0 radical (unpaired) electrons. The van der Waals surface area contributed by atoms with Gasteiger partial charge in [-0.15, -0.1) is 0 Å². The Morgan fingerprint density at radius 2 is 2.11 bits per heavy atom. The van der Waals surface area contributed by atoms with Crippen LogP contribution in [0.2, 0.25) is 0 Å². The van der Waals surface area contributed by atoms with Gasteiger partial charge in [-0.3, -0.25) is 0 Å². The van der Waals surface area contributed by atoms with E-state index in [0.29, 0.717) is 6.61 Å². The van der Waals surface area contributed by atoms with Crippen LogP contribution in [0.15, 0.2) is 30.5 Å². The number of esters is 1. The Hall–Kier alpha value is -1.81. The molecule has 2 aromatic rings. The zero-order chi connectivity index (χ0) is 13.8. The van der Waals surface area contributed by atoms with Gasteiger partial charge in [-0.1, -0.05) is 11.6 Å². The molecule has 2 rings (SSSR count). The van der Waals surface area contributed by atoms with Gasteiger partial charge < -0.3 is 14.0 Å². The van der Waals surface area contributed by atoms with E-state index >= 15 is 0 Å². The Kier molecular flexibility index (Phi) is 4.22. The Morgan fingerprint density at radius 3 is 2.84 bits per heavy atom. The molecule has 4 heteroatoms. The molecule has 0 aliphatic rings. The van der Waals surface area contributed by atoms with Crippen LogP contribution in [0.4, 0.5) is 0 Å². The molecule has 1 aromatic carbocycles. The van der Waals surface area contributed by atoms with E-state index in [-0.39, 0.29) is 18.6 Å². The zero-order valence-electron chi connectivity index (χ0n) is 11.6. The third-order valence-corrected chi connectivity index (χ3v) is 3.17. The van der Waals surface area contributed by atoms with E-state index in [1.165, 1.54) is 5.56 Å². The number of ether oxygens (including phenoxy) is 2. The maximum Gasteiger partial charge on any atom is 0.328 e. The van der Waals surface area contributed by atoms with Crippen LogP contribution in [-0.4, -0.2) is 30.9 Å². The lowest BCUT2D eigenvalue weighted by atomic mass is 10.2. The van der Waals surface area contributed by atoms with Crippen molar-refractivity contribution < 1.29 is 14.3 Å². The van der Waals surface area contributed by atoms with E-state index in [2.05, 4.69) is 13.0 Å². The van der Waals surface area contributed by atoms with Crippen LogP contribution in [0.3, 0.4) is 0 Å². The zero-order valence-corrected chi connectivity index (χ0v) is 11.6. The number of nitrogens with zero attached hydrogens (tertiary/aromatic N) is 1. The molecular formula is C15H19NO3. The minimum atomic E-state index is -0.336. The first-order valence-corrected chi connectivity index (χ1v) is 6.36. The molecule has 0 aliphatic carbocycles. The summed E-state index contributed by atoms with van der Waals surface area (Å²) in [6.07, 6.45) is 1.92. The monoisotopic (exact) mass is 261 g/mol. The summed E-state index contributed by atoms with van der Waals surface area (Å²) in [5, 5.41) is 1.14. The molecule has 0 fully saturated rings. The summed E-state index contributed by atoms with van der Waals surface area (Å²) in [5.41, 5.74) is 2.25. The number of benzene rings is 1. The highest BCUT2D eigenvalue weighted by atomic mass is 16.6. The summed E-state index contributed by atoms with van der Waals surface area (Å²) < 4.78 is 12.0. The van der Waals surface area contributed by atoms with Crippen LogP contribution in [0.5, 0.6) is 0 Å². The van der Waals surface area contributed by atoms with Gasteiger partial charge in [0.05, 0.1) is 6.61 Å². The predicted octanol–water partition coefficient (Wildman–Crippen LogP) is 2.70. The number of hydrogen-bond acceptors (Lipinski definition) is 3. The third kappa shape index (κ3) is 2.96. The quantitative estimate of drug-likeness (QED) is 0.613. The van der Waals surface area contributed by atoms with Gasteiger partial charge in [-0.05, 0) is 37.4 Å². The second kappa shape index (κ2) is 5.89. The topological polar surface area (TPSA) is 40.5 Å². The fourth-order valence-corrected chi connectivity index (χ4v) is 2.08. The lowest BCUT2D eigenvalue weighted by Gasteiger charge is -2.14. The first-order chi connectivity index (χ1) is 9.13. The van der Waals surface area contributed by atoms with Crippen molar-refractivity contribution in [2.45, 2.75) is 19.9 Å². The SMILES string of the molecule is COCCOC(=O)C(C)n1ccc2cc(C)ccc21. The molecule has 1 heterocycles. The molecule has 0 bridgehead atoms. The van der Waals surface area contributed by atoms with E-state index in [0.717, 1.165) is 10.9 Å². The third-order valence-electron chi connectivity index (χ3n) is 3.17. The van der Waals surface area contributed by atoms with Crippen LogP contribution < -0.4 is 0 Å². The van der Waals surface area contributed by atoms with Gasteiger partial charge in [-0.2, -0.15) is 0 Å². The molecule has 0 saturated carbocycles. The van der Waals surface area contributed by atoms with E-state index in [1.807, 2.05) is 35.9 Å².